The van der Waals surface area contributed by atoms with Crippen molar-refractivity contribution in [3.05, 3.63) is 56.8 Å². The van der Waals surface area contributed by atoms with Crippen molar-refractivity contribution in [3.8, 4) is 0 Å². The molecule has 0 unspecified atom stereocenters. The predicted molar refractivity (Wildman–Crippen MR) is 82.2 cm³/mol. The second-order valence-corrected chi connectivity index (χ2v) is 4.95. The number of aromatic amines is 1. The summed E-state index contributed by atoms with van der Waals surface area (Å²) in [5.74, 6) is -0.235. The second-order valence-electron chi connectivity index (χ2n) is 4.95. The third kappa shape index (κ3) is 1.87. The van der Waals surface area contributed by atoms with Crippen LogP contribution in [0.1, 0.15) is 0 Å². The molecule has 4 aromatic rings. The van der Waals surface area contributed by atoms with E-state index in [2.05, 4.69) is 15.0 Å². The number of benzene rings is 2. The molecule has 0 aliphatic rings. The topological polar surface area (TPSA) is 128 Å². The third-order valence-electron chi connectivity index (χ3n) is 3.64. The van der Waals surface area contributed by atoms with E-state index in [1.54, 1.807) is 18.2 Å². The third-order valence-corrected chi connectivity index (χ3v) is 3.64. The summed E-state index contributed by atoms with van der Waals surface area (Å²) in [5.41, 5.74) is 2.02. The van der Waals surface area contributed by atoms with Crippen LogP contribution in [0.25, 0.3) is 32.8 Å². The van der Waals surface area contributed by atoms with Crippen molar-refractivity contribution in [2.45, 2.75) is 0 Å². The van der Waals surface area contributed by atoms with Crippen molar-refractivity contribution in [1.29, 1.82) is 0 Å². The Labute approximate surface area is 126 Å². The summed E-state index contributed by atoms with van der Waals surface area (Å²) >= 11 is 0. The van der Waals surface area contributed by atoms with Crippen LogP contribution >= 0.6 is 0 Å². The molecular formula is C14H7N5O4. The number of nitrogens with one attached hydrogen (secondary N) is 1. The fourth-order valence-electron chi connectivity index (χ4n) is 2.63. The van der Waals surface area contributed by atoms with Gasteiger partial charge in [0.05, 0.1) is 21.3 Å². The van der Waals surface area contributed by atoms with E-state index in [4.69, 9.17) is 0 Å². The first-order valence-corrected chi connectivity index (χ1v) is 6.54. The van der Waals surface area contributed by atoms with Crippen molar-refractivity contribution in [2.24, 2.45) is 0 Å². The number of hydrogen-bond donors (Lipinski definition) is 1. The number of non-ortho nitro benzene ring substituents is 1. The molecule has 2 heterocycles. The average Bonchev–Trinajstić information content (AvgIpc) is 2.92. The summed E-state index contributed by atoms with van der Waals surface area (Å²) < 4.78 is 0. The highest BCUT2D eigenvalue weighted by molar-refractivity contribution is 6.18. The smallest absolute Gasteiger partial charge is 0.339 e. The summed E-state index contributed by atoms with van der Waals surface area (Å²) in [4.78, 5) is 32.0. The van der Waals surface area contributed by atoms with Gasteiger partial charge in [0.25, 0.3) is 5.69 Å². The molecule has 9 nitrogen and oxygen atoms in total. The molecule has 2 aromatic carbocycles. The lowest BCUT2D eigenvalue weighted by atomic mass is 10.1. The van der Waals surface area contributed by atoms with Gasteiger partial charge in [0.1, 0.15) is 11.7 Å². The van der Waals surface area contributed by atoms with Gasteiger partial charge in [-0.15, -0.1) is 0 Å². The number of rotatable bonds is 2. The van der Waals surface area contributed by atoms with Crippen LogP contribution in [0, 0.1) is 20.2 Å². The number of aromatic nitrogens is 3. The Morgan fingerprint density at radius 3 is 2.48 bits per heavy atom. The Bertz CT molecular complexity index is 1130. The normalized spacial score (nSPS) is 11.3. The van der Waals surface area contributed by atoms with Crippen molar-refractivity contribution in [1.82, 2.24) is 15.0 Å². The van der Waals surface area contributed by atoms with Gasteiger partial charge in [-0.1, -0.05) is 0 Å². The monoisotopic (exact) mass is 309 g/mol. The number of nitro benzene ring substituents is 1. The summed E-state index contributed by atoms with van der Waals surface area (Å²) in [6.07, 6.45) is 1.15. The molecule has 1 N–H and O–H groups in total. The van der Waals surface area contributed by atoms with Gasteiger partial charge in [-0.2, -0.15) is 0 Å². The van der Waals surface area contributed by atoms with Gasteiger partial charge < -0.3 is 10.1 Å². The first kappa shape index (κ1) is 13.1. The number of nitro groups is 2. The molecule has 23 heavy (non-hydrogen) atoms. The molecule has 4 rings (SSSR count). The molecule has 0 saturated carbocycles. The van der Waals surface area contributed by atoms with E-state index < -0.39 is 9.85 Å². The Kier molecular flexibility index (Phi) is 2.52. The van der Waals surface area contributed by atoms with Crippen molar-refractivity contribution in [3.63, 3.8) is 0 Å². The average molecular weight is 309 g/mol. The molecule has 0 fully saturated rings. The van der Waals surface area contributed by atoms with Crippen LogP contribution in [-0.4, -0.2) is 24.8 Å². The summed E-state index contributed by atoms with van der Waals surface area (Å²) in [6.45, 7) is 0. The van der Waals surface area contributed by atoms with Crippen LogP contribution in [-0.2, 0) is 0 Å². The molecule has 112 valence electrons. The highest BCUT2D eigenvalue weighted by Gasteiger charge is 2.17. The molecule has 0 atom stereocenters. The fraction of sp³-hybridized carbons (Fsp3) is 0. The fourth-order valence-corrected chi connectivity index (χ4v) is 2.63. The Balaban J connectivity index is 2.15. The number of H-pyrrole nitrogens is 1. The van der Waals surface area contributed by atoms with E-state index >= 15 is 0 Å². The maximum absolute atomic E-state index is 10.9. The van der Waals surface area contributed by atoms with Gasteiger partial charge in [-0.05, 0) is 23.1 Å². The summed E-state index contributed by atoms with van der Waals surface area (Å²) in [6, 6.07) is 7.78. The van der Waals surface area contributed by atoms with Crippen LogP contribution in [0.15, 0.2) is 36.5 Å². The van der Waals surface area contributed by atoms with Crippen molar-refractivity contribution >= 4 is 44.3 Å². The van der Waals surface area contributed by atoms with Crippen LogP contribution in [0.5, 0.6) is 0 Å². The molecule has 0 saturated heterocycles. The van der Waals surface area contributed by atoms with Gasteiger partial charge in [0.2, 0.25) is 0 Å². The highest BCUT2D eigenvalue weighted by atomic mass is 16.6. The van der Waals surface area contributed by atoms with E-state index in [1.165, 1.54) is 12.1 Å². The van der Waals surface area contributed by atoms with Gasteiger partial charge in [0.15, 0.2) is 5.52 Å². The van der Waals surface area contributed by atoms with E-state index in [9.17, 15) is 20.2 Å². The Hall–Kier alpha value is -3.62. The lowest BCUT2D eigenvalue weighted by Gasteiger charge is -1.99. The van der Waals surface area contributed by atoms with Gasteiger partial charge in [-0.3, -0.25) is 10.1 Å². The SMILES string of the molecule is O=[N+]([O-])c1ccc2c(c1)nc1ccc3ncc([N+](=O)[O-])[nH]c3c12. The maximum atomic E-state index is 10.9. The predicted octanol–water partition coefficient (Wildman–Crippen LogP) is 3.08. The quantitative estimate of drug-likeness (QED) is 0.447. The van der Waals surface area contributed by atoms with Gasteiger partial charge in [-0.25, -0.2) is 15.0 Å². The van der Waals surface area contributed by atoms with Crippen LogP contribution in [0.2, 0.25) is 0 Å². The van der Waals surface area contributed by atoms with Crippen LogP contribution < -0.4 is 0 Å². The summed E-state index contributed by atoms with van der Waals surface area (Å²) in [5, 5.41) is 23.2. The molecular weight excluding hydrogens is 302 g/mol. The minimum atomic E-state index is -0.561. The van der Waals surface area contributed by atoms with Crippen molar-refractivity contribution in [2.75, 3.05) is 0 Å². The minimum absolute atomic E-state index is 0.0577. The molecule has 0 aliphatic carbocycles. The van der Waals surface area contributed by atoms with Crippen LogP contribution in [0.4, 0.5) is 11.5 Å². The van der Waals surface area contributed by atoms with Crippen molar-refractivity contribution < 1.29 is 9.85 Å². The molecule has 0 radical (unpaired) electrons. The zero-order valence-electron chi connectivity index (χ0n) is 11.4. The van der Waals surface area contributed by atoms with E-state index in [-0.39, 0.29) is 11.5 Å². The van der Waals surface area contributed by atoms with E-state index in [1.807, 2.05) is 0 Å². The van der Waals surface area contributed by atoms with E-state index in [0.29, 0.717) is 32.8 Å². The lowest BCUT2D eigenvalue weighted by Crippen LogP contribution is -1.94. The zero-order valence-corrected chi connectivity index (χ0v) is 11.4. The lowest BCUT2D eigenvalue weighted by molar-refractivity contribution is -0.389. The summed E-state index contributed by atoms with van der Waals surface area (Å²) in [7, 11) is 0. The van der Waals surface area contributed by atoms with Gasteiger partial charge in [0, 0.05) is 17.5 Å². The number of nitrogens with zero attached hydrogens (tertiary/aromatic N) is 4. The van der Waals surface area contributed by atoms with Gasteiger partial charge >= 0.3 is 5.82 Å². The Morgan fingerprint density at radius 2 is 1.74 bits per heavy atom. The van der Waals surface area contributed by atoms with Crippen LogP contribution in [0.3, 0.4) is 0 Å². The largest absolute Gasteiger partial charge is 0.358 e. The maximum Gasteiger partial charge on any atom is 0.339 e. The zero-order chi connectivity index (χ0) is 16.1. The second kappa shape index (κ2) is 4.44. The molecule has 2 aromatic heterocycles. The first-order valence-electron chi connectivity index (χ1n) is 6.54. The first-order chi connectivity index (χ1) is 11.0. The molecule has 9 heteroatoms. The number of hydrogen-bond acceptors (Lipinski definition) is 6. The van der Waals surface area contributed by atoms with E-state index in [0.717, 1.165) is 6.20 Å². The molecule has 0 bridgehead atoms. The minimum Gasteiger partial charge on any atom is -0.358 e. The number of fused-ring (bicyclic) bond motifs is 5. The molecule has 0 spiro atoms. The Morgan fingerprint density at radius 1 is 0.957 bits per heavy atom. The standard InChI is InChI=1S/C14H7N5O4/c20-18(21)7-1-2-8-11(5-7)16-9-3-4-10-14(13(8)9)17-12(6-15-10)19(22)23/h1-6,17H. The molecule has 0 amide bonds. The molecule has 0 aliphatic heterocycles. The highest BCUT2D eigenvalue weighted by Crippen LogP contribution is 2.32.